The molecule has 32 heavy (non-hydrogen) atoms. The molecule has 0 fully saturated rings. The number of anilines is 2. The van der Waals surface area contributed by atoms with Gasteiger partial charge < -0.3 is 5.32 Å². The Morgan fingerprint density at radius 2 is 1.66 bits per heavy atom. The molecule has 3 aromatic carbocycles. The normalized spacial score (nSPS) is 20.2. The van der Waals surface area contributed by atoms with E-state index in [4.69, 9.17) is 0 Å². The second kappa shape index (κ2) is 8.08. The number of ketones is 1. The number of amides is 1. The third-order valence-electron chi connectivity index (χ3n) is 6.26. The maximum Gasteiger partial charge on any atom is 0.224 e. The fourth-order valence-electron chi connectivity index (χ4n) is 4.89. The van der Waals surface area contributed by atoms with E-state index in [2.05, 4.69) is 5.32 Å². The van der Waals surface area contributed by atoms with Crippen LogP contribution in [0.15, 0.2) is 90.1 Å². The number of rotatable bonds is 2. The first-order valence-corrected chi connectivity index (χ1v) is 10.8. The number of carbonyl (C=O) groups excluding carboxylic acids is 2. The largest absolute Gasteiger partial charge is 0.357 e. The van der Waals surface area contributed by atoms with E-state index in [1.807, 2.05) is 54.6 Å². The molecule has 5 heteroatoms. The van der Waals surface area contributed by atoms with Crippen LogP contribution in [0.3, 0.4) is 0 Å². The average Bonchev–Trinajstić information content (AvgIpc) is 2.94. The van der Waals surface area contributed by atoms with Gasteiger partial charge in [-0.3, -0.25) is 14.5 Å². The van der Waals surface area contributed by atoms with Crippen LogP contribution in [0.5, 0.6) is 0 Å². The number of carbonyl (C=O) groups is 2. The number of Topliss-reactive ketones (excluding diaryl/α,β-unsaturated/α-hetero) is 1. The fourth-order valence-corrected chi connectivity index (χ4v) is 4.89. The Morgan fingerprint density at radius 1 is 0.938 bits per heavy atom. The lowest BCUT2D eigenvalue weighted by molar-refractivity contribution is -0.117. The molecule has 0 aromatic heterocycles. The summed E-state index contributed by atoms with van der Waals surface area (Å²) in [6, 6.07) is 23.0. The maximum absolute atomic E-state index is 14.2. The van der Waals surface area contributed by atoms with E-state index >= 15 is 0 Å². The Balaban J connectivity index is 1.72. The topological polar surface area (TPSA) is 49.4 Å². The third-order valence-corrected chi connectivity index (χ3v) is 6.26. The molecular weight excluding hydrogens is 403 g/mol. The summed E-state index contributed by atoms with van der Waals surface area (Å²) < 4.78 is 14.2. The summed E-state index contributed by atoms with van der Waals surface area (Å²) in [5, 5.41) is 3.46. The Labute approximate surface area is 186 Å². The third kappa shape index (κ3) is 3.50. The van der Waals surface area contributed by atoms with Crippen molar-refractivity contribution in [2.24, 2.45) is 0 Å². The minimum atomic E-state index is -0.696. The van der Waals surface area contributed by atoms with E-state index in [0.29, 0.717) is 29.7 Å². The van der Waals surface area contributed by atoms with E-state index in [9.17, 15) is 14.0 Å². The van der Waals surface area contributed by atoms with Crippen LogP contribution >= 0.6 is 0 Å². The quantitative estimate of drug-likeness (QED) is 0.568. The van der Waals surface area contributed by atoms with Crippen molar-refractivity contribution in [1.82, 2.24) is 0 Å². The highest BCUT2D eigenvalue weighted by Crippen LogP contribution is 2.47. The van der Waals surface area contributed by atoms with Gasteiger partial charge >= 0.3 is 0 Å². The molecule has 4 nitrogen and oxygen atoms in total. The molecule has 0 spiro atoms. The van der Waals surface area contributed by atoms with E-state index < -0.39 is 11.9 Å². The fraction of sp³-hybridized carbons (Fsp3) is 0.185. The highest BCUT2D eigenvalue weighted by atomic mass is 19.1. The van der Waals surface area contributed by atoms with Gasteiger partial charge in [0.2, 0.25) is 5.91 Å². The number of halogens is 1. The Bertz CT molecular complexity index is 1240. The first-order valence-electron chi connectivity index (χ1n) is 10.8. The van der Waals surface area contributed by atoms with Crippen molar-refractivity contribution in [2.45, 2.75) is 31.7 Å². The van der Waals surface area contributed by atoms with Crippen LogP contribution in [-0.4, -0.2) is 11.7 Å². The molecule has 160 valence electrons. The molecule has 3 aromatic rings. The van der Waals surface area contributed by atoms with Gasteiger partial charge in [-0.25, -0.2) is 4.39 Å². The number of nitrogens with one attached hydrogen (secondary N) is 1. The van der Waals surface area contributed by atoms with Crippen molar-refractivity contribution >= 4 is 23.1 Å². The zero-order valence-electron chi connectivity index (χ0n) is 17.7. The Kier molecular flexibility index (Phi) is 5.10. The minimum Gasteiger partial charge on any atom is -0.357 e. The van der Waals surface area contributed by atoms with Gasteiger partial charge in [0.05, 0.1) is 17.4 Å². The van der Waals surface area contributed by atoms with Gasteiger partial charge in [0.1, 0.15) is 5.82 Å². The van der Waals surface area contributed by atoms with Gasteiger partial charge in [-0.15, -0.1) is 0 Å². The van der Waals surface area contributed by atoms with Crippen LogP contribution in [-0.2, 0) is 9.59 Å². The number of hydrogen-bond donors (Lipinski definition) is 1. The van der Waals surface area contributed by atoms with Crippen molar-refractivity contribution in [3.05, 3.63) is 107 Å². The van der Waals surface area contributed by atoms with Crippen LogP contribution in [0.4, 0.5) is 15.8 Å². The zero-order valence-corrected chi connectivity index (χ0v) is 17.7. The number of fused-ring (bicyclic) bond motifs is 1. The highest BCUT2D eigenvalue weighted by Gasteiger charge is 2.40. The molecule has 0 bridgehead atoms. The predicted octanol–water partition coefficient (Wildman–Crippen LogP) is 5.75. The summed E-state index contributed by atoms with van der Waals surface area (Å²) in [7, 11) is 0. The van der Waals surface area contributed by atoms with E-state index in [1.165, 1.54) is 19.1 Å². The van der Waals surface area contributed by atoms with E-state index in [-0.39, 0.29) is 17.6 Å². The van der Waals surface area contributed by atoms with Gasteiger partial charge in [0.25, 0.3) is 0 Å². The first-order chi connectivity index (χ1) is 15.5. The minimum absolute atomic E-state index is 0.0269. The molecule has 1 N–H and O–H groups in total. The molecule has 5 rings (SSSR count). The second-order valence-corrected chi connectivity index (χ2v) is 8.32. The molecule has 2 aliphatic rings. The summed E-state index contributed by atoms with van der Waals surface area (Å²) in [6.45, 7) is 1.48. The molecule has 1 aliphatic carbocycles. The number of nitrogens with zero attached hydrogens (tertiary/aromatic N) is 1. The smallest absolute Gasteiger partial charge is 0.224 e. The Morgan fingerprint density at radius 3 is 2.41 bits per heavy atom. The van der Waals surface area contributed by atoms with Crippen LogP contribution < -0.4 is 10.2 Å². The molecule has 0 radical (unpaired) electrons. The summed E-state index contributed by atoms with van der Waals surface area (Å²) in [5.74, 6) is -0.593. The number of hydrogen-bond acceptors (Lipinski definition) is 3. The summed E-state index contributed by atoms with van der Waals surface area (Å²) in [4.78, 5) is 28.2. The van der Waals surface area contributed by atoms with Crippen LogP contribution in [0, 0.1) is 5.82 Å². The van der Waals surface area contributed by atoms with Crippen molar-refractivity contribution < 1.29 is 14.0 Å². The number of allylic oxidation sites excluding steroid dienone is 1. The molecule has 2 atom stereocenters. The van der Waals surface area contributed by atoms with Gasteiger partial charge in [-0.05, 0) is 47.7 Å². The summed E-state index contributed by atoms with van der Waals surface area (Å²) in [5.41, 5.74) is 4.45. The van der Waals surface area contributed by atoms with Crippen molar-refractivity contribution in [3.8, 4) is 0 Å². The standard InChI is InChI=1S/C27H23FN2O2/c1-17(31)30-24-13-6-5-12-22(24)29-23-15-20(18-8-3-2-4-9-18)16-25(32)26(23)27(30)19-10-7-11-21(28)14-19/h2-14,20,27,29H,15-16H2,1H3/t20-,27-/m0/s1. The van der Waals surface area contributed by atoms with E-state index in [1.54, 1.807) is 17.0 Å². The summed E-state index contributed by atoms with van der Waals surface area (Å²) in [6.07, 6.45) is 0.982. The molecule has 1 aliphatic heterocycles. The average molecular weight is 426 g/mol. The number of para-hydroxylation sites is 2. The van der Waals surface area contributed by atoms with E-state index in [0.717, 1.165) is 16.9 Å². The predicted molar refractivity (Wildman–Crippen MR) is 123 cm³/mol. The lowest BCUT2D eigenvalue weighted by Crippen LogP contribution is -2.37. The summed E-state index contributed by atoms with van der Waals surface area (Å²) >= 11 is 0. The monoisotopic (exact) mass is 426 g/mol. The maximum atomic E-state index is 14.2. The lowest BCUT2D eigenvalue weighted by atomic mass is 9.78. The molecule has 0 unspecified atom stereocenters. The molecule has 1 amide bonds. The lowest BCUT2D eigenvalue weighted by Gasteiger charge is -2.34. The Hall–Kier alpha value is -3.73. The van der Waals surface area contributed by atoms with Crippen molar-refractivity contribution in [3.63, 3.8) is 0 Å². The second-order valence-electron chi connectivity index (χ2n) is 8.32. The van der Waals surface area contributed by atoms with Gasteiger partial charge in [0, 0.05) is 24.6 Å². The number of benzene rings is 3. The van der Waals surface area contributed by atoms with Crippen molar-refractivity contribution in [2.75, 3.05) is 10.2 Å². The van der Waals surface area contributed by atoms with Crippen LogP contribution in [0.2, 0.25) is 0 Å². The molecular formula is C27H23FN2O2. The SMILES string of the molecule is CC(=O)N1c2ccccc2NC2=C(C(=O)C[C@@H](c3ccccc3)C2)[C@@H]1c1cccc(F)c1. The van der Waals surface area contributed by atoms with Gasteiger partial charge in [-0.2, -0.15) is 0 Å². The van der Waals surface area contributed by atoms with Gasteiger partial charge in [0.15, 0.2) is 5.78 Å². The molecule has 0 saturated heterocycles. The first kappa shape index (κ1) is 20.2. The van der Waals surface area contributed by atoms with Crippen molar-refractivity contribution in [1.29, 1.82) is 0 Å². The van der Waals surface area contributed by atoms with Crippen LogP contribution in [0.1, 0.15) is 42.9 Å². The molecule has 0 saturated carbocycles. The highest BCUT2D eigenvalue weighted by molar-refractivity contribution is 6.05. The zero-order chi connectivity index (χ0) is 22.2. The molecule has 1 heterocycles. The van der Waals surface area contributed by atoms with Crippen LogP contribution in [0.25, 0.3) is 0 Å². The van der Waals surface area contributed by atoms with Gasteiger partial charge in [-0.1, -0.05) is 54.6 Å².